The maximum absolute atomic E-state index is 12.5. The van der Waals surface area contributed by atoms with Crippen molar-refractivity contribution in [3.63, 3.8) is 0 Å². The Morgan fingerprint density at radius 2 is 0.792 bits per heavy atom. The summed E-state index contributed by atoms with van der Waals surface area (Å²) < 4.78 is 18.3. The van der Waals surface area contributed by atoms with Crippen LogP contribution in [0.4, 0.5) is 0 Å². The molecule has 1 saturated carbocycles. The van der Waals surface area contributed by atoms with Crippen LogP contribution in [0.15, 0.2) is 11.3 Å². The van der Waals surface area contributed by atoms with E-state index >= 15 is 0 Å². The summed E-state index contributed by atoms with van der Waals surface area (Å²) in [5.74, 6) is 1.37. The number of hydrogen-bond donors (Lipinski definition) is 1. The lowest BCUT2D eigenvalue weighted by Crippen LogP contribution is -2.33. The molecule has 0 heterocycles. The minimum Gasteiger partial charge on any atom is -0.495 e. The van der Waals surface area contributed by atoms with Gasteiger partial charge in [0.2, 0.25) is 0 Å². The van der Waals surface area contributed by atoms with Gasteiger partial charge in [-0.05, 0) is 167 Å². The molecule has 0 aliphatic heterocycles. The standard InChI is InChI=1S/C62H121N3O7/c1-8-14-29-43-57(11-4)70-60(56-41-38-42-56)46-32-23-17-20-26-35-49-64(50-36-27-21-18-24-33-47-61(66)71-58(12-5)44-30-15-9-2)52-39-53-65(54-40-55-69-63-68-7)51-37-28-22-19-25-34-48-62(67)72-59(13-6)45-31-16-10-3/h57-59,63H,8-55H2,1-7H3. The highest BCUT2D eigenvalue weighted by atomic mass is 16.9. The topological polar surface area (TPSA) is 98.8 Å². The molecule has 0 aromatic carbocycles. The highest BCUT2D eigenvalue weighted by molar-refractivity contribution is 5.69. The van der Waals surface area contributed by atoms with Gasteiger partial charge < -0.3 is 24.0 Å². The van der Waals surface area contributed by atoms with Gasteiger partial charge in [-0.15, -0.1) is 0 Å². The monoisotopic (exact) mass is 1020 g/mol. The third-order valence-corrected chi connectivity index (χ3v) is 15.2. The van der Waals surface area contributed by atoms with Crippen LogP contribution in [0, 0.1) is 0 Å². The van der Waals surface area contributed by atoms with E-state index in [2.05, 4.69) is 57.0 Å². The molecule has 0 bridgehead atoms. The van der Waals surface area contributed by atoms with Crippen LogP contribution in [0.25, 0.3) is 0 Å². The molecule has 0 spiro atoms. The van der Waals surface area contributed by atoms with Crippen LogP contribution in [0.1, 0.15) is 305 Å². The molecule has 3 unspecified atom stereocenters. The average Bonchev–Trinajstić information content (AvgIpc) is 3.36. The highest BCUT2D eigenvalue weighted by Crippen LogP contribution is 2.33. The van der Waals surface area contributed by atoms with E-state index in [1.807, 2.05) is 0 Å². The molecular formula is C62H121N3O7. The zero-order valence-corrected chi connectivity index (χ0v) is 48.9. The number of ether oxygens (including phenoxy) is 3. The maximum Gasteiger partial charge on any atom is 0.306 e. The lowest BCUT2D eigenvalue weighted by atomic mass is 9.89. The smallest absolute Gasteiger partial charge is 0.306 e. The fourth-order valence-electron chi connectivity index (χ4n) is 10.1. The average molecular weight is 1020 g/mol. The molecule has 10 heteroatoms. The van der Waals surface area contributed by atoms with E-state index in [0.717, 1.165) is 110 Å². The van der Waals surface area contributed by atoms with Gasteiger partial charge in [0.1, 0.15) is 12.2 Å². The SMILES string of the molecule is CCCCCC(CC)OC(=O)CCCCCCCCN(CCCCCCCCC(OC(CC)CCCCC)=C1CCC1)CCCN(CCCCCCCCC(=O)OC(CC)CCCCC)CCCONOC. The number of rotatable bonds is 56. The third-order valence-electron chi connectivity index (χ3n) is 15.2. The second-order valence-corrected chi connectivity index (χ2v) is 21.7. The van der Waals surface area contributed by atoms with Crippen LogP contribution in [0.5, 0.6) is 0 Å². The van der Waals surface area contributed by atoms with E-state index in [4.69, 9.17) is 23.9 Å². The van der Waals surface area contributed by atoms with E-state index in [9.17, 15) is 9.59 Å². The summed E-state index contributed by atoms with van der Waals surface area (Å²) in [6.07, 6.45) is 47.9. The highest BCUT2D eigenvalue weighted by Gasteiger charge is 2.19. The Morgan fingerprint density at radius 1 is 0.431 bits per heavy atom. The Morgan fingerprint density at radius 3 is 1.17 bits per heavy atom. The molecular weight excluding hydrogens is 899 g/mol. The number of carbonyl (C=O) groups is 2. The number of nitrogens with one attached hydrogen (secondary N) is 1. The van der Waals surface area contributed by atoms with Gasteiger partial charge >= 0.3 is 11.9 Å². The first kappa shape index (κ1) is 68.3. The Labute approximate surface area is 446 Å². The largest absolute Gasteiger partial charge is 0.495 e. The summed E-state index contributed by atoms with van der Waals surface area (Å²) >= 11 is 0. The molecule has 0 aromatic rings. The summed E-state index contributed by atoms with van der Waals surface area (Å²) in [5.41, 5.74) is 4.15. The number of allylic oxidation sites excluding steroid dienone is 2. The zero-order chi connectivity index (χ0) is 52.4. The predicted molar refractivity (Wildman–Crippen MR) is 304 cm³/mol. The molecule has 3 atom stereocenters. The summed E-state index contributed by atoms with van der Waals surface area (Å²) in [5, 5.41) is 0. The summed E-state index contributed by atoms with van der Waals surface area (Å²) in [6, 6.07) is 0. The zero-order valence-electron chi connectivity index (χ0n) is 48.9. The molecule has 0 aromatic heterocycles. The predicted octanol–water partition coefficient (Wildman–Crippen LogP) is 17.3. The van der Waals surface area contributed by atoms with Crippen molar-refractivity contribution in [3.05, 3.63) is 11.3 Å². The van der Waals surface area contributed by atoms with Crippen molar-refractivity contribution in [1.29, 1.82) is 0 Å². The van der Waals surface area contributed by atoms with Crippen molar-refractivity contribution in [2.24, 2.45) is 0 Å². The van der Waals surface area contributed by atoms with Crippen LogP contribution >= 0.6 is 0 Å². The second-order valence-electron chi connectivity index (χ2n) is 21.7. The Hall–Kier alpha value is -1.72. The number of unbranched alkanes of at least 4 members (excludes halogenated alkanes) is 21. The van der Waals surface area contributed by atoms with Gasteiger partial charge in [0.05, 0.1) is 25.6 Å². The van der Waals surface area contributed by atoms with Gasteiger partial charge in [-0.2, -0.15) is 0 Å². The number of nitrogens with zero attached hydrogens (tertiary/aromatic N) is 2. The third kappa shape index (κ3) is 40.6. The molecule has 0 saturated heterocycles. The molecule has 1 N–H and O–H groups in total. The second kappa shape index (κ2) is 51.4. The molecule has 72 heavy (non-hydrogen) atoms. The molecule has 426 valence electrons. The van der Waals surface area contributed by atoms with E-state index in [0.29, 0.717) is 25.6 Å². The first-order valence-corrected chi connectivity index (χ1v) is 31.4. The first-order valence-electron chi connectivity index (χ1n) is 31.4. The van der Waals surface area contributed by atoms with E-state index in [1.54, 1.807) is 12.7 Å². The Bertz CT molecular complexity index is 1230. The fraction of sp³-hybridized carbons (Fsp3) is 0.935. The molecule has 1 fully saturated rings. The van der Waals surface area contributed by atoms with Gasteiger partial charge in [-0.25, -0.2) is 0 Å². The normalized spacial score (nSPS) is 13.9. The molecule has 10 nitrogen and oxygen atoms in total. The minimum atomic E-state index is -0.00538. The number of hydrogen-bond acceptors (Lipinski definition) is 10. The van der Waals surface area contributed by atoms with Gasteiger partial charge in [0.25, 0.3) is 0 Å². The fourth-order valence-corrected chi connectivity index (χ4v) is 10.1. The van der Waals surface area contributed by atoms with Crippen molar-refractivity contribution in [1.82, 2.24) is 15.4 Å². The van der Waals surface area contributed by atoms with Crippen LogP contribution in [0.2, 0.25) is 0 Å². The van der Waals surface area contributed by atoms with Crippen molar-refractivity contribution >= 4 is 11.9 Å². The van der Waals surface area contributed by atoms with Gasteiger partial charge in [0, 0.05) is 25.8 Å². The lowest BCUT2D eigenvalue weighted by molar-refractivity contribution is -0.152. The molecule has 0 radical (unpaired) electrons. The maximum atomic E-state index is 12.5. The van der Waals surface area contributed by atoms with E-state index in [1.165, 1.54) is 186 Å². The summed E-state index contributed by atoms with van der Waals surface area (Å²) in [7, 11) is 1.58. The van der Waals surface area contributed by atoms with Crippen molar-refractivity contribution < 1.29 is 33.5 Å². The quantitative estimate of drug-likeness (QED) is 0.0274. The van der Waals surface area contributed by atoms with Crippen LogP contribution in [-0.2, 0) is 33.5 Å². The molecule has 0 amide bonds. The Balaban J connectivity index is 2.60. The van der Waals surface area contributed by atoms with Crippen molar-refractivity contribution in [2.45, 2.75) is 323 Å². The van der Waals surface area contributed by atoms with E-state index in [-0.39, 0.29) is 24.1 Å². The molecule has 1 aliphatic rings. The van der Waals surface area contributed by atoms with Crippen molar-refractivity contribution in [2.75, 3.05) is 53.0 Å². The minimum absolute atomic E-state index is 0.00318. The van der Waals surface area contributed by atoms with Crippen molar-refractivity contribution in [3.8, 4) is 0 Å². The van der Waals surface area contributed by atoms with Gasteiger partial charge in [-0.3, -0.25) is 19.3 Å². The van der Waals surface area contributed by atoms with Gasteiger partial charge in [-0.1, -0.05) is 163 Å². The van der Waals surface area contributed by atoms with Crippen LogP contribution < -0.4 is 5.64 Å². The number of carbonyl (C=O) groups excluding carboxylic acids is 2. The summed E-state index contributed by atoms with van der Waals surface area (Å²) in [4.78, 5) is 40.7. The molecule has 1 rings (SSSR count). The first-order chi connectivity index (χ1) is 35.3. The molecule has 1 aliphatic carbocycles. The van der Waals surface area contributed by atoms with Gasteiger partial charge in [0.15, 0.2) is 0 Å². The number of esters is 2. The van der Waals surface area contributed by atoms with Crippen LogP contribution in [0.3, 0.4) is 0 Å². The van der Waals surface area contributed by atoms with Crippen LogP contribution in [-0.4, -0.2) is 93.0 Å². The lowest BCUT2D eigenvalue weighted by Gasteiger charge is -2.27. The Kier molecular flexibility index (Phi) is 48.7. The van der Waals surface area contributed by atoms with E-state index < -0.39 is 0 Å². The summed E-state index contributed by atoms with van der Waals surface area (Å²) in [6.45, 7) is 20.7.